The van der Waals surface area contributed by atoms with Crippen molar-refractivity contribution in [1.29, 1.82) is 0 Å². The van der Waals surface area contributed by atoms with Gasteiger partial charge in [0, 0.05) is 6.42 Å². The molecule has 1 nitrogen and oxygen atoms in total. The van der Waals surface area contributed by atoms with Gasteiger partial charge in [-0.1, -0.05) is 0 Å². The first kappa shape index (κ1) is 7.63. The minimum atomic E-state index is -1.91. The van der Waals surface area contributed by atoms with Crippen molar-refractivity contribution in [3.63, 3.8) is 0 Å². The lowest BCUT2D eigenvalue weighted by atomic mass is 9.85. The molecule has 1 aliphatic rings. The maximum atomic E-state index is 12.9. The molecule has 1 rings (SSSR count). The Morgan fingerprint density at radius 1 is 1.70 bits per heavy atom. The largest absolute Gasteiger partial charge is 0.296 e. The summed E-state index contributed by atoms with van der Waals surface area (Å²) in [6.45, 7) is 1.15. The van der Waals surface area contributed by atoms with Gasteiger partial charge in [0.1, 0.15) is 5.67 Å². The molecule has 0 bridgehead atoms. The first-order chi connectivity index (χ1) is 4.54. The van der Waals surface area contributed by atoms with E-state index in [1.54, 1.807) is 0 Å². The van der Waals surface area contributed by atoms with E-state index in [2.05, 4.69) is 0 Å². The highest BCUT2D eigenvalue weighted by Crippen LogP contribution is 2.31. The maximum absolute atomic E-state index is 12.9. The molecular weight excluding hydrogens is 138 g/mol. The summed E-state index contributed by atoms with van der Waals surface area (Å²) in [4.78, 5) is 10.6. The summed E-state index contributed by atoms with van der Waals surface area (Å²) in [5.74, 6) is -0.587. The predicted octanol–water partition coefficient (Wildman–Crippen LogP) is 1.81. The van der Waals surface area contributed by atoms with Gasteiger partial charge in [-0.25, -0.2) is 8.78 Å². The molecule has 1 unspecified atom stereocenters. The Morgan fingerprint density at radius 2 is 2.30 bits per heavy atom. The molecule has 1 fully saturated rings. The molecule has 0 heterocycles. The first-order valence-electron chi connectivity index (χ1n) is 3.40. The van der Waals surface area contributed by atoms with Crippen LogP contribution < -0.4 is 0 Å². The molecular formula is C7H10F2O. The summed E-state index contributed by atoms with van der Waals surface area (Å²) < 4.78 is 25.5. The van der Waals surface area contributed by atoms with Crippen molar-refractivity contribution in [2.24, 2.45) is 0 Å². The lowest BCUT2D eigenvalue weighted by Crippen LogP contribution is -2.41. The first-order valence-corrected chi connectivity index (χ1v) is 3.40. The second-order valence-corrected chi connectivity index (χ2v) is 2.96. The van der Waals surface area contributed by atoms with Crippen molar-refractivity contribution >= 4 is 5.78 Å². The van der Waals surface area contributed by atoms with Gasteiger partial charge in [0.2, 0.25) is 0 Å². The average molecular weight is 148 g/mol. The van der Waals surface area contributed by atoms with Gasteiger partial charge in [-0.2, -0.15) is 0 Å². The highest BCUT2D eigenvalue weighted by molar-refractivity contribution is 5.85. The standard InChI is InChI=1S/C7H10F2O/c1-7(9)4-2-3-5(10)6(7)8/h6H,2-4H2,1H3/t6?,7-/m0/s1. The molecule has 0 radical (unpaired) electrons. The van der Waals surface area contributed by atoms with E-state index in [9.17, 15) is 13.6 Å². The number of Topliss-reactive ketones (excluding diaryl/α,β-unsaturated/α-hetero) is 1. The minimum Gasteiger partial charge on any atom is -0.296 e. The lowest BCUT2D eigenvalue weighted by Gasteiger charge is -2.27. The predicted molar refractivity (Wildman–Crippen MR) is 33.3 cm³/mol. The Labute approximate surface area is 58.4 Å². The van der Waals surface area contributed by atoms with E-state index in [0.29, 0.717) is 6.42 Å². The summed E-state index contributed by atoms with van der Waals surface area (Å²) >= 11 is 0. The van der Waals surface area contributed by atoms with E-state index in [0.717, 1.165) is 6.92 Å². The summed E-state index contributed by atoms with van der Waals surface area (Å²) in [7, 11) is 0. The van der Waals surface area contributed by atoms with Crippen LogP contribution in [0.15, 0.2) is 0 Å². The van der Waals surface area contributed by atoms with Crippen molar-refractivity contribution in [2.45, 2.75) is 38.0 Å². The van der Waals surface area contributed by atoms with Crippen LogP contribution >= 0.6 is 0 Å². The van der Waals surface area contributed by atoms with E-state index < -0.39 is 17.6 Å². The number of carbonyl (C=O) groups is 1. The summed E-state index contributed by atoms with van der Waals surface area (Å²) in [5.41, 5.74) is -1.91. The normalized spacial score (nSPS) is 41.9. The molecule has 3 heteroatoms. The van der Waals surface area contributed by atoms with Gasteiger partial charge < -0.3 is 0 Å². The number of hydrogen-bond donors (Lipinski definition) is 0. The highest BCUT2D eigenvalue weighted by atomic mass is 19.2. The fourth-order valence-corrected chi connectivity index (χ4v) is 1.20. The monoisotopic (exact) mass is 148 g/mol. The number of hydrogen-bond acceptors (Lipinski definition) is 1. The number of rotatable bonds is 0. The van der Waals surface area contributed by atoms with Gasteiger partial charge in [0.05, 0.1) is 0 Å². The molecule has 1 saturated carbocycles. The van der Waals surface area contributed by atoms with Gasteiger partial charge in [0.15, 0.2) is 12.0 Å². The van der Waals surface area contributed by atoms with E-state index >= 15 is 0 Å². The average Bonchev–Trinajstić information content (AvgIpc) is 1.83. The van der Waals surface area contributed by atoms with E-state index in [-0.39, 0.29) is 12.8 Å². The topological polar surface area (TPSA) is 17.1 Å². The Balaban J connectivity index is 2.69. The van der Waals surface area contributed by atoms with Crippen LogP contribution in [0.5, 0.6) is 0 Å². The van der Waals surface area contributed by atoms with Gasteiger partial charge in [-0.15, -0.1) is 0 Å². The van der Waals surface area contributed by atoms with Crippen molar-refractivity contribution in [1.82, 2.24) is 0 Å². The Kier molecular flexibility index (Phi) is 1.75. The zero-order valence-corrected chi connectivity index (χ0v) is 5.86. The third-order valence-corrected chi connectivity index (χ3v) is 1.90. The number of halogens is 2. The summed E-state index contributed by atoms with van der Waals surface area (Å²) in [5, 5.41) is 0. The number of ketones is 1. The Hall–Kier alpha value is -0.470. The van der Waals surface area contributed by atoms with Crippen molar-refractivity contribution in [2.75, 3.05) is 0 Å². The molecule has 0 aromatic carbocycles. The van der Waals surface area contributed by atoms with Crippen LogP contribution in [0.3, 0.4) is 0 Å². The van der Waals surface area contributed by atoms with Crippen molar-refractivity contribution in [3.05, 3.63) is 0 Å². The lowest BCUT2D eigenvalue weighted by molar-refractivity contribution is -0.132. The van der Waals surface area contributed by atoms with Crippen LogP contribution in [0.25, 0.3) is 0 Å². The van der Waals surface area contributed by atoms with Gasteiger partial charge >= 0.3 is 0 Å². The maximum Gasteiger partial charge on any atom is 0.191 e. The van der Waals surface area contributed by atoms with Crippen LogP contribution in [-0.4, -0.2) is 17.6 Å². The smallest absolute Gasteiger partial charge is 0.191 e. The molecule has 1 aliphatic carbocycles. The van der Waals surface area contributed by atoms with Gasteiger partial charge in [0.25, 0.3) is 0 Å². The quantitative estimate of drug-likeness (QED) is 0.512. The van der Waals surface area contributed by atoms with E-state index in [1.807, 2.05) is 0 Å². The van der Waals surface area contributed by atoms with Crippen LogP contribution in [0.1, 0.15) is 26.2 Å². The molecule has 0 saturated heterocycles. The van der Waals surface area contributed by atoms with Crippen LogP contribution in [0.2, 0.25) is 0 Å². The third kappa shape index (κ3) is 1.18. The van der Waals surface area contributed by atoms with Crippen molar-refractivity contribution in [3.8, 4) is 0 Å². The highest BCUT2D eigenvalue weighted by Gasteiger charge is 2.42. The molecule has 58 valence electrons. The molecule has 0 amide bonds. The Bertz CT molecular complexity index is 154. The molecule has 0 aliphatic heterocycles. The van der Waals surface area contributed by atoms with Gasteiger partial charge in [-0.3, -0.25) is 4.79 Å². The molecule has 0 N–H and O–H groups in total. The van der Waals surface area contributed by atoms with E-state index in [1.165, 1.54) is 0 Å². The molecule has 0 spiro atoms. The fraction of sp³-hybridized carbons (Fsp3) is 0.857. The van der Waals surface area contributed by atoms with E-state index in [4.69, 9.17) is 0 Å². The van der Waals surface area contributed by atoms with Crippen LogP contribution in [0.4, 0.5) is 8.78 Å². The summed E-state index contributed by atoms with van der Waals surface area (Å²) in [6, 6.07) is 0. The van der Waals surface area contributed by atoms with Crippen molar-refractivity contribution < 1.29 is 13.6 Å². The second-order valence-electron chi connectivity index (χ2n) is 2.96. The third-order valence-electron chi connectivity index (χ3n) is 1.90. The number of carbonyl (C=O) groups excluding carboxylic acids is 1. The second kappa shape index (κ2) is 2.29. The number of alkyl halides is 2. The zero-order chi connectivity index (χ0) is 7.78. The SMILES string of the molecule is C[C@]1(F)CCCC(=O)C1F. The molecule has 0 aromatic heterocycles. The van der Waals surface area contributed by atoms with Crippen LogP contribution in [0, 0.1) is 0 Å². The fourth-order valence-electron chi connectivity index (χ4n) is 1.20. The molecule has 2 atom stereocenters. The Morgan fingerprint density at radius 3 is 2.70 bits per heavy atom. The zero-order valence-electron chi connectivity index (χ0n) is 5.86. The minimum absolute atomic E-state index is 0.167. The molecule has 0 aromatic rings. The van der Waals surface area contributed by atoms with Gasteiger partial charge in [-0.05, 0) is 19.8 Å². The van der Waals surface area contributed by atoms with Crippen LogP contribution in [-0.2, 0) is 4.79 Å². The molecule has 10 heavy (non-hydrogen) atoms. The summed E-state index contributed by atoms with van der Waals surface area (Å²) in [6.07, 6.45) is -1.05.